The standard InChI is InChI=1S/C3H8BrNO2S/c1-2-3-8(6,7)5-4/h5H,2-3H2,1H3. The van der Waals surface area contributed by atoms with E-state index in [0.717, 1.165) is 0 Å². The first kappa shape index (κ1) is 8.39. The van der Waals surface area contributed by atoms with Crippen molar-refractivity contribution in [1.29, 1.82) is 0 Å². The zero-order valence-electron chi connectivity index (χ0n) is 4.52. The molecule has 0 spiro atoms. The summed E-state index contributed by atoms with van der Waals surface area (Å²) in [6.07, 6.45) is 0.640. The molecule has 0 fully saturated rings. The van der Waals surface area contributed by atoms with E-state index in [1.165, 1.54) is 0 Å². The lowest BCUT2D eigenvalue weighted by Crippen LogP contribution is -2.15. The minimum Gasteiger partial charge on any atom is -0.212 e. The molecule has 0 aliphatic heterocycles. The number of nitrogens with one attached hydrogen (secondary N) is 1. The summed E-state index contributed by atoms with van der Waals surface area (Å²) in [4.78, 5) is 0. The van der Waals surface area contributed by atoms with Crippen molar-refractivity contribution >= 4 is 26.2 Å². The maximum atomic E-state index is 10.4. The van der Waals surface area contributed by atoms with E-state index in [0.29, 0.717) is 6.42 Å². The van der Waals surface area contributed by atoms with Gasteiger partial charge in [0, 0.05) is 16.1 Å². The van der Waals surface area contributed by atoms with E-state index in [4.69, 9.17) is 0 Å². The van der Waals surface area contributed by atoms with Crippen molar-refractivity contribution in [3.63, 3.8) is 0 Å². The van der Waals surface area contributed by atoms with Gasteiger partial charge in [-0.2, -0.15) is 3.75 Å². The minimum absolute atomic E-state index is 0.179. The first-order valence-corrected chi connectivity index (χ1v) is 4.67. The Hall–Kier alpha value is 0.390. The van der Waals surface area contributed by atoms with Crippen LogP contribution in [0.5, 0.6) is 0 Å². The van der Waals surface area contributed by atoms with Gasteiger partial charge in [0.05, 0.1) is 5.75 Å². The van der Waals surface area contributed by atoms with E-state index in [9.17, 15) is 8.42 Å². The summed E-state index contributed by atoms with van der Waals surface area (Å²) in [5.41, 5.74) is 0. The zero-order valence-corrected chi connectivity index (χ0v) is 6.92. The van der Waals surface area contributed by atoms with Crippen LogP contribution in [0.2, 0.25) is 0 Å². The smallest absolute Gasteiger partial charge is 0.212 e. The maximum absolute atomic E-state index is 10.4. The van der Waals surface area contributed by atoms with E-state index in [2.05, 4.69) is 16.1 Å². The van der Waals surface area contributed by atoms with Gasteiger partial charge in [0.1, 0.15) is 0 Å². The Kier molecular flexibility index (Phi) is 3.59. The molecule has 3 nitrogen and oxygen atoms in total. The molecule has 0 aromatic carbocycles. The Morgan fingerprint density at radius 1 is 1.62 bits per heavy atom. The van der Waals surface area contributed by atoms with Crippen molar-refractivity contribution < 1.29 is 8.42 Å². The van der Waals surface area contributed by atoms with E-state index in [-0.39, 0.29) is 5.75 Å². The Bertz CT molecular complexity index is 141. The van der Waals surface area contributed by atoms with E-state index in [1.54, 1.807) is 0 Å². The van der Waals surface area contributed by atoms with Crippen LogP contribution in [-0.4, -0.2) is 14.2 Å². The molecule has 0 aliphatic carbocycles. The van der Waals surface area contributed by atoms with Crippen LogP contribution in [0.25, 0.3) is 0 Å². The van der Waals surface area contributed by atoms with Crippen LogP contribution in [-0.2, 0) is 10.0 Å². The second kappa shape index (κ2) is 3.42. The first-order chi connectivity index (χ1) is 3.62. The minimum atomic E-state index is -3.00. The van der Waals surface area contributed by atoms with Gasteiger partial charge < -0.3 is 0 Å². The third kappa shape index (κ3) is 3.40. The molecule has 1 N–H and O–H groups in total. The predicted octanol–water partition coefficient (Wildman–Crippen LogP) is 0.626. The number of rotatable bonds is 3. The molecule has 0 aromatic heterocycles. The number of halogens is 1. The zero-order chi connectivity index (χ0) is 6.62. The van der Waals surface area contributed by atoms with Gasteiger partial charge in [0.25, 0.3) is 0 Å². The molecule has 0 aliphatic rings. The lowest BCUT2D eigenvalue weighted by molar-refractivity contribution is 0.594. The van der Waals surface area contributed by atoms with E-state index >= 15 is 0 Å². The SMILES string of the molecule is CCCS(=O)(=O)NBr. The molecule has 0 saturated carbocycles. The number of hydrogen-bond donors (Lipinski definition) is 1. The van der Waals surface area contributed by atoms with Crippen LogP contribution in [0.4, 0.5) is 0 Å². The fourth-order valence-electron chi connectivity index (χ4n) is 0.307. The van der Waals surface area contributed by atoms with Gasteiger partial charge in [-0.05, 0) is 6.42 Å². The summed E-state index contributed by atoms with van der Waals surface area (Å²) < 4.78 is 22.9. The Morgan fingerprint density at radius 3 is 2.25 bits per heavy atom. The van der Waals surface area contributed by atoms with E-state index < -0.39 is 10.0 Å². The largest absolute Gasteiger partial charge is 0.221 e. The van der Waals surface area contributed by atoms with Gasteiger partial charge in [0.2, 0.25) is 10.0 Å². The van der Waals surface area contributed by atoms with Crippen molar-refractivity contribution in [2.24, 2.45) is 0 Å². The highest BCUT2D eigenvalue weighted by molar-refractivity contribution is 9.09. The summed E-state index contributed by atoms with van der Waals surface area (Å²) in [6, 6.07) is 0. The second-order valence-corrected chi connectivity index (χ2v) is 4.16. The topological polar surface area (TPSA) is 46.2 Å². The Labute approximate surface area is 57.9 Å². The van der Waals surface area contributed by atoms with Crippen molar-refractivity contribution in [1.82, 2.24) is 3.75 Å². The molecule has 0 atom stereocenters. The quantitative estimate of drug-likeness (QED) is 0.682. The van der Waals surface area contributed by atoms with Crippen LogP contribution in [0.3, 0.4) is 0 Å². The highest BCUT2D eigenvalue weighted by atomic mass is 79.9. The lowest BCUT2D eigenvalue weighted by Gasteiger charge is -1.93. The van der Waals surface area contributed by atoms with Crippen LogP contribution in [0.15, 0.2) is 0 Å². The molecule has 0 bridgehead atoms. The van der Waals surface area contributed by atoms with Crippen LogP contribution >= 0.6 is 16.1 Å². The van der Waals surface area contributed by atoms with E-state index in [1.807, 2.05) is 10.7 Å². The first-order valence-electron chi connectivity index (χ1n) is 2.22. The molecule has 0 radical (unpaired) electrons. The average molecular weight is 202 g/mol. The van der Waals surface area contributed by atoms with Crippen molar-refractivity contribution in [3.8, 4) is 0 Å². The Morgan fingerprint density at radius 2 is 2.12 bits per heavy atom. The maximum Gasteiger partial charge on any atom is 0.221 e. The van der Waals surface area contributed by atoms with Crippen molar-refractivity contribution in [2.45, 2.75) is 13.3 Å². The van der Waals surface area contributed by atoms with Crippen LogP contribution in [0, 0.1) is 0 Å². The molecular formula is C3H8BrNO2S. The highest BCUT2D eigenvalue weighted by Crippen LogP contribution is 1.89. The van der Waals surface area contributed by atoms with Gasteiger partial charge in [-0.25, -0.2) is 8.42 Å². The molecule has 0 amide bonds. The molecule has 0 saturated heterocycles. The van der Waals surface area contributed by atoms with Gasteiger partial charge >= 0.3 is 0 Å². The molecule has 5 heteroatoms. The summed E-state index contributed by atoms with van der Waals surface area (Å²) in [6.45, 7) is 1.81. The molecule has 0 unspecified atom stereocenters. The molecule has 0 heterocycles. The summed E-state index contributed by atoms with van der Waals surface area (Å²) in [7, 11) is -3.00. The molecular weight excluding hydrogens is 194 g/mol. The summed E-state index contributed by atoms with van der Waals surface area (Å²) in [5.74, 6) is 0.179. The second-order valence-electron chi connectivity index (χ2n) is 1.40. The summed E-state index contributed by atoms with van der Waals surface area (Å²) in [5, 5.41) is 0. The lowest BCUT2D eigenvalue weighted by atomic mass is 10.6. The molecule has 0 aromatic rings. The molecule has 50 valence electrons. The highest BCUT2D eigenvalue weighted by Gasteiger charge is 2.02. The number of hydrogen-bond acceptors (Lipinski definition) is 2. The van der Waals surface area contributed by atoms with Gasteiger partial charge in [-0.15, -0.1) is 0 Å². The van der Waals surface area contributed by atoms with Crippen molar-refractivity contribution in [2.75, 3.05) is 5.75 Å². The summed E-state index contributed by atoms with van der Waals surface area (Å²) >= 11 is 2.63. The fraction of sp³-hybridized carbons (Fsp3) is 1.00. The number of sulfonamides is 1. The normalized spacial score (nSPS) is 11.8. The Balaban J connectivity index is 3.76. The van der Waals surface area contributed by atoms with Gasteiger partial charge in [0.15, 0.2) is 0 Å². The van der Waals surface area contributed by atoms with Crippen LogP contribution < -0.4 is 3.75 Å². The fourth-order valence-corrected chi connectivity index (χ4v) is 1.41. The monoisotopic (exact) mass is 201 g/mol. The van der Waals surface area contributed by atoms with Gasteiger partial charge in [-0.1, -0.05) is 6.92 Å². The van der Waals surface area contributed by atoms with Crippen LogP contribution in [0.1, 0.15) is 13.3 Å². The van der Waals surface area contributed by atoms with Gasteiger partial charge in [-0.3, -0.25) is 0 Å². The molecule has 0 rings (SSSR count). The third-order valence-electron chi connectivity index (χ3n) is 0.590. The third-order valence-corrected chi connectivity index (χ3v) is 3.25. The van der Waals surface area contributed by atoms with Crippen molar-refractivity contribution in [3.05, 3.63) is 0 Å². The molecule has 8 heavy (non-hydrogen) atoms. The predicted molar refractivity (Wildman–Crippen MR) is 36.1 cm³/mol. The average Bonchev–Trinajstić information content (AvgIpc) is 1.67.